The molecule has 2 nitrogen and oxygen atoms in total. The van der Waals surface area contributed by atoms with Crippen LogP contribution in [0.4, 0.5) is 0 Å². The van der Waals surface area contributed by atoms with Crippen molar-refractivity contribution in [3.05, 3.63) is 12.7 Å². The summed E-state index contributed by atoms with van der Waals surface area (Å²) in [5.41, 5.74) is 0.298. The van der Waals surface area contributed by atoms with Crippen molar-refractivity contribution in [1.29, 1.82) is 5.26 Å². The molecule has 4 fully saturated rings. The Morgan fingerprint density at radius 2 is 1.76 bits per heavy atom. The Morgan fingerprint density at radius 3 is 2.18 bits per heavy atom. The van der Waals surface area contributed by atoms with Gasteiger partial charge in [0.2, 0.25) is 0 Å². The molecule has 0 spiro atoms. The molecule has 4 rings (SSSR count). The first-order chi connectivity index (χ1) is 8.25. The van der Waals surface area contributed by atoms with Crippen molar-refractivity contribution in [2.45, 2.75) is 44.6 Å². The highest BCUT2D eigenvalue weighted by Crippen LogP contribution is 2.61. The first-order valence-corrected chi connectivity index (χ1v) is 6.99. The van der Waals surface area contributed by atoms with Gasteiger partial charge < -0.3 is 0 Å². The Hall–Kier alpha value is -0.810. The number of hydrogen-bond acceptors (Lipinski definition) is 2. The van der Waals surface area contributed by atoms with Gasteiger partial charge in [0.05, 0.1) is 6.07 Å². The second-order valence-corrected chi connectivity index (χ2v) is 6.54. The average Bonchev–Trinajstić information content (AvgIpc) is 2.27. The lowest BCUT2D eigenvalue weighted by Gasteiger charge is -2.58. The summed E-state index contributed by atoms with van der Waals surface area (Å²) in [5.74, 6) is 2.76. The van der Waals surface area contributed by atoms with Gasteiger partial charge in [0.15, 0.2) is 0 Å². The second-order valence-electron chi connectivity index (χ2n) is 6.54. The van der Waals surface area contributed by atoms with Crippen molar-refractivity contribution in [3.63, 3.8) is 0 Å². The van der Waals surface area contributed by atoms with Crippen molar-refractivity contribution in [2.24, 2.45) is 23.2 Å². The largest absolute Gasteiger partial charge is 0.298 e. The number of rotatable bonds is 4. The van der Waals surface area contributed by atoms with Crippen LogP contribution in [0, 0.1) is 34.5 Å². The molecule has 0 aromatic heterocycles. The summed E-state index contributed by atoms with van der Waals surface area (Å²) < 4.78 is 0. The molecule has 0 aromatic rings. The van der Waals surface area contributed by atoms with Gasteiger partial charge in [-0.2, -0.15) is 5.26 Å². The fourth-order valence-corrected chi connectivity index (χ4v) is 5.13. The van der Waals surface area contributed by atoms with E-state index in [1.165, 1.54) is 38.5 Å². The van der Waals surface area contributed by atoms with Crippen molar-refractivity contribution in [2.75, 3.05) is 6.54 Å². The van der Waals surface area contributed by atoms with Gasteiger partial charge in [0.25, 0.3) is 0 Å². The molecule has 0 heterocycles. The standard InChI is InChI=1S/C15H22N2/c1-2-3-17-14(10-16)15-7-11-4-12(8-15)6-13(5-11)9-15/h2,11-14,17H,1,3-9H2. The molecule has 2 heteroatoms. The number of hydrogen-bond donors (Lipinski definition) is 1. The molecule has 4 aliphatic carbocycles. The zero-order valence-electron chi connectivity index (χ0n) is 10.5. The van der Waals surface area contributed by atoms with E-state index in [1.54, 1.807) is 0 Å². The molecule has 4 saturated carbocycles. The highest BCUT2D eigenvalue weighted by atomic mass is 14.9. The summed E-state index contributed by atoms with van der Waals surface area (Å²) in [6.07, 6.45) is 10.1. The van der Waals surface area contributed by atoms with Gasteiger partial charge in [-0.05, 0) is 61.7 Å². The van der Waals surface area contributed by atoms with E-state index in [2.05, 4.69) is 18.0 Å². The van der Waals surface area contributed by atoms with E-state index in [1.807, 2.05) is 6.08 Å². The summed E-state index contributed by atoms with van der Waals surface area (Å²) in [6, 6.07) is 2.58. The molecular weight excluding hydrogens is 208 g/mol. The maximum absolute atomic E-state index is 9.47. The summed E-state index contributed by atoms with van der Waals surface area (Å²) in [5, 5.41) is 12.9. The van der Waals surface area contributed by atoms with Crippen LogP contribution < -0.4 is 5.32 Å². The smallest absolute Gasteiger partial charge is 0.101 e. The molecule has 0 radical (unpaired) electrons. The topological polar surface area (TPSA) is 35.8 Å². The van der Waals surface area contributed by atoms with E-state index in [0.717, 1.165) is 24.3 Å². The van der Waals surface area contributed by atoms with Gasteiger partial charge in [0.1, 0.15) is 6.04 Å². The summed E-state index contributed by atoms with van der Waals surface area (Å²) in [7, 11) is 0. The lowest BCUT2D eigenvalue weighted by molar-refractivity contribution is -0.0631. The average molecular weight is 230 g/mol. The van der Waals surface area contributed by atoms with E-state index in [-0.39, 0.29) is 6.04 Å². The zero-order valence-corrected chi connectivity index (χ0v) is 10.5. The SMILES string of the molecule is C=CCNC(C#N)C12CC3CC(CC(C3)C1)C2. The zero-order chi connectivity index (χ0) is 11.9. The fourth-order valence-electron chi connectivity index (χ4n) is 5.13. The first kappa shape index (κ1) is 11.3. The van der Waals surface area contributed by atoms with Crippen LogP contribution >= 0.6 is 0 Å². The van der Waals surface area contributed by atoms with E-state index in [4.69, 9.17) is 0 Å². The summed E-state index contributed by atoms with van der Waals surface area (Å²) in [6.45, 7) is 4.51. The molecular formula is C15H22N2. The molecule has 92 valence electrons. The van der Waals surface area contributed by atoms with Crippen LogP contribution in [0.2, 0.25) is 0 Å². The quantitative estimate of drug-likeness (QED) is 0.754. The molecule has 1 N–H and O–H groups in total. The molecule has 1 unspecified atom stereocenters. The fraction of sp³-hybridized carbons (Fsp3) is 0.800. The molecule has 1 atom stereocenters. The van der Waals surface area contributed by atoms with Crippen LogP contribution in [0.15, 0.2) is 12.7 Å². The van der Waals surface area contributed by atoms with Crippen molar-refractivity contribution in [1.82, 2.24) is 5.32 Å². The molecule has 0 aliphatic heterocycles. The van der Waals surface area contributed by atoms with Crippen molar-refractivity contribution >= 4 is 0 Å². The highest BCUT2D eigenvalue weighted by Gasteiger charge is 2.54. The maximum Gasteiger partial charge on any atom is 0.101 e. The number of nitrogens with zero attached hydrogens (tertiary/aromatic N) is 1. The molecule has 0 aromatic carbocycles. The van der Waals surface area contributed by atoms with Crippen LogP contribution in [0.1, 0.15) is 38.5 Å². The first-order valence-electron chi connectivity index (χ1n) is 6.99. The molecule has 0 saturated heterocycles. The van der Waals surface area contributed by atoms with Crippen LogP contribution in [0.5, 0.6) is 0 Å². The predicted molar refractivity (Wildman–Crippen MR) is 68.2 cm³/mol. The second kappa shape index (κ2) is 4.14. The lowest BCUT2D eigenvalue weighted by Crippen LogP contribution is -2.55. The molecule has 4 aliphatic rings. The van der Waals surface area contributed by atoms with Gasteiger partial charge in [-0.15, -0.1) is 6.58 Å². The van der Waals surface area contributed by atoms with Crippen molar-refractivity contribution < 1.29 is 0 Å². The Kier molecular flexibility index (Phi) is 2.75. The summed E-state index contributed by atoms with van der Waals surface area (Å²) >= 11 is 0. The van der Waals surface area contributed by atoms with E-state index in [0.29, 0.717) is 5.41 Å². The Bertz CT molecular complexity index is 317. The van der Waals surface area contributed by atoms with Gasteiger partial charge in [-0.25, -0.2) is 0 Å². The van der Waals surface area contributed by atoms with E-state index < -0.39 is 0 Å². The van der Waals surface area contributed by atoms with Gasteiger partial charge in [-0.1, -0.05) is 6.08 Å². The van der Waals surface area contributed by atoms with Gasteiger partial charge in [0, 0.05) is 6.54 Å². The third kappa shape index (κ3) is 1.81. The Labute approximate surface area is 104 Å². The minimum atomic E-state index is 0.0499. The van der Waals surface area contributed by atoms with Gasteiger partial charge in [-0.3, -0.25) is 5.32 Å². The molecule has 4 bridgehead atoms. The van der Waals surface area contributed by atoms with Crippen LogP contribution in [-0.2, 0) is 0 Å². The maximum atomic E-state index is 9.47. The van der Waals surface area contributed by atoms with Crippen LogP contribution in [0.25, 0.3) is 0 Å². The normalized spacial score (nSPS) is 44.3. The third-order valence-electron chi connectivity index (χ3n) is 5.29. The third-order valence-corrected chi connectivity index (χ3v) is 5.29. The monoisotopic (exact) mass is 230 g/mol. The predicted octanol–water partition coefficient (Wildman–Crippen LogP) is 2.87. The van der Waals surface area contributed by atoms with E-state index in [9.17, 15) is 5.26 Å². The van der Waals surface area contributed by atoms with Crippen LogP contribution in [-0.4, -0.2) is 12.6 Å². The minimum absolute atomic E-state index is 0.0499. The minimum Gasteiger partial charge on any atom is -0.298 e. The Balaban J connectivity index is 1.80. The molecule has 17 heavy (non-hydrogen) atoms. The van der Waals surface area contributed by atoms with Gasteiger partial charge >= 0.3 is 0 Å². The highest BCUT2D eigenvalue weighted by molar-refractivity contribution is 5.12. The number of nitrogens with one attached hydrogen (secondary N) is 1. The molecule has 0 amide bonds. The van der Waals surface area contributed by atoms with E-state index >= 15 is 0 Å². The lowest BCUT2D eigenvalue weighted by atomic mass is 9.48. The number of nitriles is 1. The Morgan fingerprint density at radius 1 is 1.24 bits per heavy atom. The van der Waals surface area contributed by atoms with Crippen molar-refractivity contribution in [3.8, 4) is 6.07 Å². The summed E-state index contributed by atoms with van der Waals surface area (Å²) in [4.78, 5) is 0. The van der Waals surface area contributed by atoms with Crippen LogP contribution in [0.3, 0.4) is 0 Å².